The highest BCUT2D eigenvalue weighted by molar-refractivity contribution is 5.40. The van der Waals surface area contributed by atoms with E-state index in [0.717, 1.165) is 18.9 Å². The van der Waals surface area contributed by atoms with Crippen LogP contribution in [0.5, 0.6) is 0 Å². The van der Waals surface area contributed by atoms with Crippen LogP contribution < -0.4 is 4.90 Å². The molecule has 72 valence electrons. The van der Waals surface area contributed by atoms with Gasteiger partial charge in [-0.2, -0.15) is 0 Å². The van der Waals surface area contributed by atoms with Gasteiger partial charge in [0.05, 0.1) is 0 Å². The number of aryl methyl sites for hydroxylation is 1. The van der Waals surface area contributed by atoms with Crippen LogP contribution in [0, 0.1) is 6.92 Å². The molecule has 0 aliphatic heterocycles. The molecule has 0 aliphatic rings. The monoisotopic (exact) mass is 178 g/mol. The van der Waals surface area contributed by atoms with E-state index in [1.165, 1.54) is 12.0 Å². The van der Waals surface area contributed by atoms with Crippen LogP contribution in [0.15, 0.2) is 18.3 Å². The highest BCUT2D eigenvalue weighted by Crippen LogP contribution is 2.11. The molecule has 0 radical (unpaired) electrons. The van der Waals surface area contributed by atoms with Crippen molar-refractivity contribution in [2.24, 2.45) is 0 Å². The van der Waals surface area contributed by atoms with Gasteiger partial charge < -0.3 is 4.90 Å². The van der Waals surface area contributed by atoms with E-state index in [9.17, 15) is 0 Å². The summed E-state index contributed by atoms with van der Waals surface area (Å²) in [4.78, 5) is 6.65. The Morgan fingerprint density at radius 1 is 1.38 bits per heavy atom. The van der Waals surface area contributed by atoms with Crippen molar-refractivity contribution in [3.8, 4) is 0 Å². The zero-order valence-corrected chi connectivity index (χ0v) is 8.75. The second-order valence-corrected chi connectivity index (χ2v) is 3.27. The molecule has 1 aromatic rings. The van der Waals surface area contributed by atoms with Gasteiger partial charge >= 0.3 is 0 Å². The van der Waals surface area contributed by atoms with Crippen molar-refractivity contribution in [3.05, 3.63) is 23.9 Å². The lowest BCUT2D eigenvalue weighted by Crippen LogP contribution is -2.24. The largest absolute Gasteiger partial charge is 0.357 e. The van der Waals surface area contributed by atoms with Crippen molar-refractivity contribution in [1.82, 2.24) is 4.98 Å². The van der Waals surface area contributed by atoms with Gasteiger partial charge in [-0.05, 0) is 38.0 Å². The SMILES string of the molecule is CCCN(CC)c1cc(C)ccn1. The minimum Gasteiger partial charge on any atom is -0.357 e. The number of aromatic nitrogens is 1. The highest BCUT2D eigenvalue weighted by Gasteiger charge is 2.03. The van der Waals surface area contributed by atoms with E-state index in [2.05, 4.69) is 36.7 Å². The topological polar surface area (TPSA) is 16.1 Å². The first kappa shape index (κ1) is 10.0. The molecule has 0 N–H and O–H groups in total. The summed E-state index contributed by atoms with van der Waals surface area (Å²) in [7, 11) is 0. The van der Waals surface area contributed by atoms with Crippen molar-refractivity contribution in [2.75, 3.05) is 18.0 Å². The number of rotatable bonds is 4. The van der Waals surface area contributed by atoms with Gasteiger partial charge in [0.1, 0.15) is 5.82 Å². The van der Waals surface area contributed by atoms with Crippen molar-refractivity contribution >= 4 is 5.82 Å². The molecule has 0 aliphatic carbocycles. The molecule has 1 aromatic heterocycles. The molecule has 2 heteroatoms. The Morgan fingerprint density at radius 2 is 2.15 bits per heavy atom. The minimum atomic E-state index is 1.03. The number of nitrogens with zero attached hydrogens (tertiary/aromatic N) is 2. The Balaban J connectivity index is 2.78. The van der Waals surface area contributed by atoms with E-state index in [1.54, 1.807) is 0 Å². The average molecular weight is 178 g/mol. The number of pyridine rings is 1. The summed E-state index contributed by atoms with van der Waals surface area (Å²) in [6, 6.07) is 4.17. The molecule has 0 saturated carbocycles. The third-order valence-corrected chi connectivity index (χ3v) is 2.10. The van der Waals surface area contributed by atoms with Crippen LogP contribution in [0.4, 0.5) is 5.82 Å². The van der Waals surface area contributed by atoms with Crippen LogP contribution in [-0.2, 0) is 0 Å². The van der Waals surface area contributed by atoms with Crippen LogP contribution >= 0.6 is 0 Å². The first-order chi connectivity index (χ1) is 6.27. The Bertz CT molecular complexity index is 258. The summed E-state index contributed by atoms with van der Waals surface area (Å²) in [6.07, 6.45) is 3.05. The molecule has 0 bridgehead atoms. The molecule has 0 spiro atoms. The van der Waals surface area contributed by atoms with Crippen molar-refractivity contribution in [1.29, 1.82) is 0 Å². The fourth-order valence-electron chi connectivity index (χ4n) is 1.40. The maximum atomic E-state index is 4.36. The minimum absolute atomic E-state index is 1.03. The van der Waals surface area contributed by atoms with Crippen molar-refractivity contribution < 1.29 is 0 Å². The highest BCUT2D eigenvalue weighted by atomic mass is 15.2. The van der Waals surface area contributed by atoms with Crippen molar-refractivity contribution in [3.63, 3.8) is 0 Å². The van der Waals surface area contributed by atoms with Gasteiger partial charge in [0.2, 0.25) is 0 Å². The molecule has 0 amide bonds. The standard InChI is InChI=1S/C11H18N2/c1-4-8-13(5-2)11-9-10(3)6-7-12-11/h6-7,9H,4-5,8H2,1-3H3. The van der Waals surface area contributed by atoms with Gasteiger partial charge in [-0.15, -0.1) is 0 Å². The van der Waals surface area contributed by atoms with E-state index >= 15 is 0 Å². The van der Waals surface area contributed by atoms with Crippen LogP contribution in [0.3, 0.4) is 0 Å². The predicted molar refractivity (Wildman–Crippen MR) is 57.2 cm³/mol. The Hall–Kier alpha value is -1.05. The zero-order chi connectivity index (χ0) is 9.68. The van der Waals surface area contributed by atoms with E-state index in [0.29, 0.717) is 0 Å². The molecule has 13 heavy (non-hydrogen) atoms. The Labute approximate surface area is 80.6 Å². The summed E-state index contributed by atoms with van der Waals surface area (Å²) in [5.74, 6) is 1.10. The molecule has 0 atom stereocenters. The van der Waals surface area contributed by atoms with Crippen LogP contribution in [-0.4, -0.2) is 18.1 Å². The number of anilines is 1. The van der Waals surface area contributed by atoms with Gasteiger partial charge in [0.15, 0.2) is 0 Å². The second kappa shape index (κ2) is 4.85. The predicted octanol–water partition coefficient (Wildman–Crippen LogP) is 2.63. The molecular weight excluding hydrogens is 160 g/mol. The second-order valence-electron chi connectivity index (χ2n) is 3.27. The van der Waals surface area contributed by atoms with E-state index < -0.39 is 0 Å². The number of hydrogen-bond donors (Lipinski definition) is 0. The molecule has 0 fully saturated rings. The van der Waals surface area contributed by atoms with Crippen LogP contribution in [0.2, 0.25) is 0 Å². The summed E-state index contributed by atoms with van der Waals surface area (Å²) < 4.78 is 0. The van der Waals surface area contributed by atoms with E-state index in [-0.39, 0.29) is 0 Å². The van der Waals surface area contributed by atoms with Gasteiger partial charge in [0.25, 0.3) is 0 Å². The van der Waals surface area contributed by atoms with Crippen molar-refractivity contribution in [2.45, 2.75) is 27.2 Å². The van der Waals surface area contributed by atoms with Gasteiger partial charge in [0, 0.05) is 19.3 Å². The summed E-state index contributed by atoms with van der Waals surface area (Å²) in [5.41, 5.74) is 1.28. The molecule has 0 unspecified atom stereocenters. The average Bonchev–Trinajstić information content (AvgIpc) is 2.14. The lowest BCUT2D eigenvalue weighted by atomic mass is 10.3. The third kappa shape index (κ3) is 2.72. The van der Waals surface area contributed by atoms with Crippen LogP contribution in [0.25, 0.3) is 0 Å². The third-order valence-electron chi connectivity index (χ3n) is 2.10. The maximum absolute atomic E-state index is 4.36. The fraction of sp³-hybridized carbons (Fsp3) is 0.545. The molecular formula is C11H18N2. The lowest BCUT2D eigenvalue weighted by molar-refractivity contribution is 0.778. The molecule has 2 nitrogen and oxygen atoms in total. The fourth-order valence-corrected chi connectivity index (χ4v) is 1.40. The first-order valence-electron chi connectivity index (χ1n) is 4.95. The maximum Gasteiger partial charge on any atom is 0.128 e. The van der Waals surface area contributed by atoms with E-state index in [1.807, 2.05) is 12.3 Å². The first-order valence-corrected chi connectivity index (χ1v) is 4.95. The van der Waals surface area contributed by atoms with Crippen LogP contribution in [0.1, 0.15) is 25.8 Å². The quantitative estimate of drug-likeness (QED) is 0.704. The van der Waals surface area contributed by atoms with Gasteiger partial charge in [-0.25, -0.2) is 4.98 Å². The van der Waals surface area contributed by atoms with E-state index in [4.69, 9.17) is 0 Å². The molecule has 0 saturated heterocycles. The molecule has 0 aromatic carbocycles. The summed E-state index contributed by atoms with van der Waals surface area (Å²) in [6.45, 7) is 8.58. The summed E-state index contributed by atoms with van der Waals surface area (Å²) in [5, 5.41) is 0. The summed E-state index contributed by atoms with van der Waals surface area (Å²) >= 11 is 0. The van der Waals surface area contributed by atoms with Gasteiger partial charge in [-0.1, -0.05) is 6.92 Å². The Kier molecular flexibility index (Phi) is 3.74. The van der Waals surface area contributed by atoms with Gasteiger partial charge in [-0.3, -0.25) is 0 Å². The smallest absolute Gasteiger partial charge is 0.128 e. The number of hydrogen-bond acceptors (Lipinski definition) is 2. The molecule has 1 heterocycles. The molecule has 1 rings (SSSR count). The zero-order valence-electron chi connectivity index (χ0n) is 8.75. The Morgan fingerprint density at radius 3 is 2.69 bits per heavy atom. The lowest BCUT2D eigenvalue weighted by Gasteiger charge is -2.21. The normalized spacial score (nSPS) is 10.1.